The predicted octanol–water partition coefficient (Wildman–Crippen LogP) is -1.32. The molecule has 0 aromatic carbocycles. The maximum Gasteiger partial charge on any atom is 4.00 e. The number of hydrogen-bond acceptors (Lipinski definition) is 0. The van der Waals surface area contributed by atoms with Crippen molar-refractivity contribution in [2.45, 2.75) is 0 Å². The van der Waals surface area contributed by atoms with Crippen LogP contribution in [0.3, 0.4) is 0 Å². The van der Waals surface area contributed by atoms with Gasteiger partial charge in [0.05, 0.1) is 0 Å². The van der Waals surface area contributed by atoms with E-state index in [0.29, 0.717) is 0 Å². The van der Waals surface area contributed by atoms with E-state index in [9.17, 15) is 0 Å². The third-order valence-corrected chi connectivity index (χ3v) is 0. The van der Waals surface area contributed by atoms with Crippen molar-refractivity contribution >= 4 is 0 Å². The van der Waals surface area contributed by atoms with Crippen molar-refractivity contribution in [3.63, 3.8) is 0 Å². The molecule has 0 aliphatic rings. The molecule has 0 saturated carbocycles. The Hall–Kier alpha value is 2.13. The molecule has 0 rings (SSSR count). The molecule has 15 heteroatoms. The van der Waals surface area contributed by atoms with Crippen LogP contribution in [-0.2, 0) is 140 Å². The summed E-state index contributed by atoms with van der Waals surface area (Å²) >= 11 is 0. The molecule has 11 nitrogen and oxygen atoms in total. The fraction of sp³-hybridized carbons (Fsp3) is 0. The Labute approximate surface area is 139 Å². The number of rotatable bonds is 0. The monoisotopic (exact) mass is 754 g/mol. The van der Waals surface area contributed by atoms with Crippen LogP contribution in [0.1, 0.15) is 0 Å². The second-order valence-corrected chi connectivity index (χ2v) is 0. The Kier molecular flexibility index (Phi) is 53200. The van der Waals surface area contributed by atoms with Crippen LogP contribution in [0.25, 0.3) is 0 Å². The molecule has 0 heterocycles. The van der Waals surface area contributed by atoms with E-state index in [0.717, 1.165) is 0 Å². The van der Waals surface area contributed by atoms with E-state index in [1.54, 1.807) is 0 Å². The van der Waals surface area contributed by atoms with Crippen LogP contribution in [0, 0.1) is 0 Å². The minimum absolute atomic E-state index is 0. The van der Waals surface area contributed by atoms with Crippen LogP contribution < -0.4 is 0 Å². The molecule has 0 aromatic rings. The molecule has 0 fully saturated rings. The van der Waals surface area contributed by atoms with Crippen molar-refractivity contribution in [1.82, 2.24) is 0 Å². The Bertz CT molecular complexity index is 16.5. The Morgan fingerprint density at radius 1 is 0.200 bits per heavy atom. The molecular weight excluding hydrogens is 751 g/mol. The molecule has 0 atom stereocenters. The van der Waals surface area contributed by atoms with Crippen molar-refractivity contribution < 1.29 is 140 Å². The van der Waals surface area contributed by atoms with Gasteiger partial charge in [-0.25, -0.2) is 0 Å². The Morgan fingerprint density at radius 3 is 0.200 bits per heavy atom. The zero-order valence-electron chi connectivity index (χ0n) is 5.95. The fourth-order valence-electron chi connectivity index (χ4n) is 0. The maximum atomic E-state index is 0. The van der Waals surface area contributed by atoms with Gasteiger partial charge in [-0.05, 0) is 0 Å². The Morgan fingerprint density at radius 2 is 0.200 bits per heavy atom. The standard InChI is InChI=1S/11O.2Re.2Ru/q11*-2;;;2*+4. The van der Waals surface area contributed by atoms with E-state index in [2.05, 4.69) is 0 Å². The molecule has 15 heavy (non-hydrogen) atoms. The molecule has 110 valence electrons. The van der Waals surface area contributed by atoms with Crippen LogP contribution in [0.4, 0.5) is 0 Å². The summed E-state index contributed by atoms with van der Waals surface area (Å²) in [5, 5.41) is 0. The molecule has 0 aromatic heterocycles. The van der Waals surface area contributed by atoms with Crippen molar-refractivity contribution in [3.8, 4) is 0 Å². The van der Waals surface area contributed by atoms with Crippen LogP contribution >= 0.6 is 0 Å². The van der Waals surface area contributed by atoms with E-state index in [1.807, 2.05) is 0 Å². The summed E-state index contributed by atoms with van der Waals surface area (Å²) in [5.41, 5.74) is 0. The first kappa shape index (κ1) is 981. The SMILES string of the molecule is [O-2].[O-2].[O-2].[O-2].[O-2].[O-2].[O-2].[O-2].[O-2].[O-2].[O-2].[Re].[Re].[Ru+4].[Ru+4]. The minimum atomic E-state index is 0. The van der Waals surface area contributed by atoms with E-state index in [1.165, 1.54) is 0 Å². The molecule has 0 bridgehead atoms. The van der Waals surface area contributed by atoms with Gasteiger partial charge in [0.25, 0.3) is 0 Å². The summed E-state index contributed by atoms with van der Waals surface area (Å²) in [6.45, 7) is 0. The molecule has 2 radical (unpaired) electrons. The second kappa shape index (κ2) is 813. The third-order valence-electron chi connectivity index (χ3n) is 0. The minimum Gasteiger partial charge on any atom is -2.00 e. The van der Waals surface area contributed by atoms with E-state index >= 15 is 0 Å². The zero-order valence-corrected chi connectivity index (χ0v) is 14.9. The fourth-order valence-corrected chi connectivity index (χ4v) is 0. The smallest absolute Gasteiger partial charge is 2.00 e. The zero-order chi connectivity index (χ0) is 0. The molecule has 0 N–H and O–H groups in total. The van der Waals surface area contributed by atoms with Gasteiger partial charge in [-0.2, -0.15) is 0 Å². The normalized spacial score (nSPS) is 0. The average Bonchev–Trinajstić information content (AvgIpc) is 0. The average molecular weight is 751 g/mol. The summed E-state index contributed by atoms with van der Waals surface area (Å²) in [4.78, 5) is 0. The predicted molar refractivity (Wildman–Crippen MR) is 7.55 cm³/mol. The van der Waals surface area contributed by atoms with Gasteiger partial charge in [-0.15, -0.1) is 0 Å². The molecule has 0 saturated heterocycles. The largest absolute Gasteiger partial charge is 4.00 e. The topological polar surface area (TPSA) is 314 Å². The second-order valence-electron chi connectivity index (χ2n) is 0. The first-order valence-corrected chi connectivity index (χ1v) is 0. The van der Waals surface area contributed by atoms with Gasteiger partial charge in [0.15, 0.2) is 0 Å². The summed E-state index contributed by atoms with van der Waals surface area (Å²) in [6.07, 6.45) is 0. The van der Waals surface area contributed by atoms with Gasteiger partial charge in [0.2, 0.25) is 0 Å². The molecular formula is O11Re2Ru2-14. The van der Waals surface area contributed by atoms with Crippen molar-refractivity contribution in [3.05, 3.63) is 0 Å². The van der Waals surface area contributed by atoms with Crippen molar-refractivity contribution in [2.24, 2.45) is 0 Å². The van der Waals surface area contributed by atoms with Gasteiger partial charge < -0.3 is 60.2 Å². The maximum absolute atomic E-state index is 0. The van der Waals surface area contributed by atoms with Crippen LogP contribution in [0.2, 0.25) is 0 Å². The quantitative estimate of drug-likeness (QED) is 0.260. The number of hydrogen-bond donors (Lipinski definition) is 0. The molecule has 0 unspecified atom stereocenters. The van der Waals surface area contributed by atoms with Gasteiger partial charge >= 0.3 is 39.0 Å². The first-order valence-electron chi connectivity index (χ1n) is 0. The summed E-state index contributed by atoms with van der Waals surface area (Å²) in [5.74, 6) is 0. The van der Waals surface area contributed by atoms with E-state index in [-0.39, 0.29) is 140 Å². The summed E-state index contributed by atoms with van der Waals surface area (Å²) < 4.78 is 0. The molecule has 0 amide bonds. The van der Waals surface area contributed by atoms with Gasteiger partial charge in [0, 0.05) is 40.8 Å². The van der Waals surface area contributed by atoms with Crippen LogP contribution in [0.5, 0.6) is 0 Å². The van der Waals surface area contributed by atoms with Crippen LogP contribution in [-0.4, -0.2) is 0 Å². The van der Waals surface area contributed by atoms with Gasteiger partial charge in [-0.3, -0.25) is 0 Å². The van der Waals surface area contributed by atoms with E-state index < -0.39 is 0 Å². The molecule has 0 aliphatic carbocycles. The first-order chi connectivity index (χ1) is 0. The Balaban J connectivity index is 0. The van der Waals surface area contributed by atoms with E-state index in [4.69, 9.17) is 0 Å². The van der Waals surface area contributed by atoms with Crippen molar-refractivity contribution in [1.29, 1.82) is 0 Å². The summed E-state index contributed by atoms with van der Waals surface area (Å²) in [7, 11) is 0. The molecule has 0 spiro atoms. The van der Waals surface area contributed by atoms with Gasteiger partial charge in [-0.1, -0.05) is 0 Å². The van der Waals surface area contributed by atoms with Gasteiger partial charge in [0.1, 0.15) is 0 Å². The van der Waals surface area contributed by atoms with Crippen LogP contribution in [0.15, 0.2) is 0 Å². The third kappa shape index (κ3) is 709. The summed E-state index contributed by atoms with van der Waals surface area (Å²) in [6, 6.07) is 0. The molecule has 0 aliphatic heterocycles. The van der Waals surface area contributed by atoms with Crippen molar-refractivity contribution in [2.75, 3.05) is 0 Å².